The molecule has 70 heavy (non-hydrogen) atoms. The van der Waals surface area contributed by atoms with E-state index < -0.39 is 150 Å². The molecule has 0 radical (unpaired) electrons. The number of rotatable bonds is 33. The van der Waals surface area contributed by atoms with Crippen LogP contribution in [0.4, 0.5) is 4.79 Å². The smallest absolute Gasteiger partial charge is 0.440 e. The number of aliphatic hydroxyl groups excluding tert-OH is 6. The second-order valence-corrected chi connectivity index (χ2v) is 18.6. The van der Waals surface area contributed by atoms with E-state index in [0.717, 1.165) is 32.6 Å². The van der Waals surface area contributed by atoms with Gasteiger partial charge in [-0.05, 0) is 12.0 Å². The maximum absolute atomic E-state index is 13.3. The molecule has 7 unspecified atom stereocenters. The monoisotopic (exact) mass is 1030 g/mol. The van der Waals surface area contributed by atoms with Crippen molar-refractivity contribution >= 4 is 31.6 Å². The lowest BCUT2D eigenvalue weighted by atomic mass is 9.94. The normalized spacial score (nSPS) is 32.0. The molecule has 3 fully saturated rings. The van der Waals surface area contributed by atoms with Crippen molar-refractivity contribution in [3.8, 4) is 0 Å². The van der Waals surface area contributed by atoms with E-state index in [1.54, 1.807) is 0 Å². The maximum atomic E-state index is 13.3. The van der Waals surface area contributed by atoms with Gasteiger partial charge in [-0.25, -0.2) is 9.36 Å². The van der Waals surface area contributed by atoms with Crippen LogP contribution in [0, 0.1) is 0 Å². The maximum Gasteiger partial charge on any atom is 0.474 e. The zero-order valence-electron chi connectivity index (χ0n) is 39.6. The highest BCUT2D eigenvalue weighted by Crippen LogP contribution is 2.47. The van der Waals surface area contributed by atoms with Crippen LogP contribution < -0.4 is 22.1 Å². The summed E-state index contributed by atoms with van der Waals surface area (Å²) >= 11 is 0. The molecule has 0 aromatic carbocycles. The van der Waals surface area contributed by atoms with E-state index in [4.69, 9.17) is 59.2 Å². The van der Waals surface area contributed by atoms with Crippen molar-refractivity contribution in [2.24, 2.45) is 16.6 Å². The molecule has 28 nitrogen and oxygen atoms in total. The summed E-state index contributed by atoms with van der Waals surface area (Å²) in [5, 5.41) is 72.4. The van der Waals surface area contributed by atoms with Gasteiger partial charge in [0.15, 0.2) is 37.2 Å². The first-order valence-corrected chi connectivity index (χ1v) is 25.2. The molecule has 0 bridgehead atoms. The highest BCUT2D eigenvalue weighted by molar-refractivity contribution is 7.47. The molecule has 404 valence electrons. The summed E-state index contributed by atoms with van der Waals surface area (Å²) in [5.41, 5.74) is 19.3. The number of hydrogen-bond acceptors (Lipinski definition) is 21. The largest absolute Gasteiger partial charge is 0.474 e. The molecule has 0 aromatic heterocycles. The molecule has 0 aliphatic carbocycles. The average molecular weight is 1030 g/mol. The number of carbonyl (C=O) groups excluding carboxylic acids is 4. The van der Waals surface area contributed by atoms with Crippen molar-refractivity contribution in [1.82, 2.24) is 10.6 Å². The van der Waals surface area contributed by atoms with Crippen LogP contribution in [-0.4, -0.2) is 191 Å². The number of aliphatic hydroxyl groups is 6. The van der Waals surface area contributed by atoms with Crippen molar-refractivity contribution in [2.75, 3.05) is 39.6 Å². The molecule has 29 heteroatoms. The van der Waals surface area contributed by atoms with Crippen molar-refractivity contribution in [2.45, 2.75) is 196 Å². The molecule has 0 saturated carbocycles. The molecule has 0 aromatic rings. The van der Waals surface area contributed by atoms with Crippen LogP contribution in [0.1, 0.15) is 104 Å². The summed E-state index contributed by atoms with van der Waals surface area (Å²) < 4.78 is 63.0. The topological polar surface area (TPSA) is 435 Å². The summed E-state index contributed by atoms with van der Waals surface area (Å²) in [7, 11) is -5.25. The number of phosphoric acid groups is 1. The average Bonchev–Trinajstić information content (AvgIpc) is 3.30. The molecule has 3 rings (SSSR count). The number of amides is 4. The Labute approximate surface area is 405 Å². The fraction of sp³-hybridized carbons (Fsp3) is 0.902. The molecule has 0 spiro atoms. The number of unbranched alkanes of at least 4 members (excludes halogenated alkanes) is 13. The number of nitrogens with one attached hydrogen (secondary N) is 2. The Hall–Kier alpha value is -3.38. The number of nitrogens with zero attached hydrogens (tertiary/aromatic N) is 3. The van der Waals surface area contributed by atoms with Crippen LogP contribution in [0.3, 0.4) is 0 Å². The number of hydrogen-bond donors (Lipinski definition) is 11. The third-order valence-electron chi connectivity index (χ3n) is 11.7. The van der Waals surface area contributed by atoms with Gasteiger partial charge in [0.2, 0.25) is 17.7 Å². The van der Waals surface area contributed by atoms with Crippen LogP contribution in [0.25, 0.3) is 10.4 Å². The first-order chi connectivity index (χ1) is 33.4. The molecule has 4 amide bonds. The van der Waals surface area contributed by atoms with E-state index in [-0.39, 0.29) is 6.61 Å². The minimum absolute atomic E-state index is 0.152. The number of carbonyl (C=O) groups is 4. The van der Waals surface area contributed by atoms with E-state index in [1.807, 2.05) is 0 Å². The summed E-state index contributed by atoms with van der Waals surface area (Å²) in [5.74, 6) is -3.22. The first-order valence-electron chi connectivity index (χ1n) is 23.7. The van der Waals surface area contributed by atoms with Gasteiger partial charge >= 0.3 is 13.9 Å². The fourth-order valence-corrected chi connectivity index (χ4v) is 8.96. The predicted octanol–water partition coefficient (Wildman–Crippen LogP) is -0.760. The van der Waals surface area contributed by atoms with Gasteiger partial charge in [-0.3, -0.25) is 23.4 Å². The molecular weight excluding hydrogens is 957 g/mol. The SMILES string of the molecule is CCCCCCCCCCCCCCCCOCCOP(=O)(O)O[C@@H]1OC(C(N)=O)[C@@H](O)[C@H](OC(N)=O)C1O[C@@H]1OC(CO)[C@@H](O[C@@H]2OC(CO)[C@H](O)[C@H](O)C2NC(=O)CN=[N+]=[N-])[C@H](O)C1NC(C)=O. The number of nitrogens with two attached hydrogens (primary N) is 2. The van der Waals surface area contributed by atoms with Crippen molar-refractivity contribution < 1.29 is 101 Å². The van der Waals surface area contributed by atoms with E-state index >= 15 is 0 Å². The van der Waals surface area contributed by atoms with Gasteiger partial charge in [0.05, 0.1) is 26.4 Å². The molecule has 13 N–H and O–H groups in total. The highest BCUT2D eigenvalue weighted by atomic mass is 31.2. The standard InChI is InChI=1S/C41H74N7O21P/c1-3-4-5-6-7-8-9-10-11-12-13-14-15-16-17-61-18-19-62-70(59,60)69-40-36(34(68-41(43)58)32(56)35(66-40)37(42)57)67-39-28(46-23(2)51)31(55)33(25(22-50)64-39)65-38-27(47-26(52)20-45-48-44)30(54)29(53)24(21-49)63-38/h24-25,27-36,38-40,49-50,53-56H,3-22H2,1-2H3,(H2,42,57)(H2,43,58)(H,46,51)(H,47,52)(H,59,60)/t24?,25?,27?,28?,29-,30+,31+,32-,33+,34-,35?,36?,38-,39-,40-/m0/s1. The molecule has 3 heterocycles. The van der Waals surface area contributed by atoms with Crippen LogP contribution in [0.15, 0.2) is 5.11 Å². The van der Waals surface area contributed by atoms with E-state index in [9.17, 15) is 59.3 Å². The number of azide groups is 1. The molecule has 3 aliphatic heterocycles. The summed E-state index contributed by atoms with van der Waals surface area (Å²) in [6.07, 6.45) is -10.8. The third kappa shape index (κ3) is 19.9. The van der Waals surface area contributed by atoms with Crippen LogP contribution >= 0.6 is 7.82 Å². The lowest BCUT2D eigenvalue weighted by Crippen LogP contribution is -2.70. The Kier molecular flexibility index (Phi) is 27.8. The van der Waals surface area contributed by atoms with Gasteiger partial charge in [0, 0.05) is 18.4 Å². The molecular formula is C41H74N7O21P. The first kappa shape index (κ1) is 60.9. The van der Waals surface area contributed by atoms with Gasteiger partial charge in [-0.15, -0.1) is 0 Å². The van der Waals surface area contributed by atoms with Gasteiger partial charge in [0.1, 0.15) is 61.4 Å². The van der Waals surface area contributed by atoms with Crippen molar-refractivity contribution in [3.63, 3.8) is 0 Å². The lowest BCUT2D eigenvalue weighted by Gasteiger charge is -2.49. The van der Waals surface area contributed by atoms with Gasteiger partial charge in [0.25, 0.3) is 0 Å². The van der Waals surface area contributed by atoms with E-state index in [2.05, 4.69) is 27.6 Å². The second kappa shape index (κ2) is 31.9. The minimum atomic E-state index is -5.25. The van der Waals surface area contributed by atoms with Crippen molar-refractivity contribution in [1.29, 1.82) is 0 Å². The number of primary amides is 2. The second-order valence-electron chi connectivity index (χ2n) is 17.2. The third-order valence-corrected chi connectivity index (χ3v) is 12.7. The molecule has 3 aliphatic rings. The van der Waals surface area contributed by atoms with E-state index in [1.165, 1.54) is 64.2 Å². The van der Waals surface area contributed by atoms with Gasteiger partial charge in [-0.1, -0.05) is 95.5 Å². The minimum Gasteiger partial charge on any atom is -0.440 e. The zero-order chi connectivity index (χ0) is 51.8. The van der Waals surface area contributed by atoms with Gasteiger partial charge in [-0.2, -0.15) is 0 Å². The Morgan fingerprint density at radius 2 is 1.23 bits per heavy atom. The summed E-state index contributed by atoms with van der Waals surface area (Å²) in [6.45, 7) is 0.197. The Morgan fingerprint density at radius 1 is 0.686 bits per heavy atom. The van der Waals surface area contributed by atoms with Gasteiger partial charge < -0.3 is 90.8 Å². The zero-order valence-corrected chi connectivity index (χ0v) is 40.5. The van der Waals surface area contributed by atoms with Crippen LogP contribution in [-0.2, 0) is 61.2 Å². The highest BCUT2D eigenvalue weighted by Gasteiger charge is 2.57. The Balaban J connectivity index is 1.71. The van der Waals surface area contributed by atoms with Crippen LogP contribution in [0.2, 0.25) is 0 Å². The van der Waals surface area contributed by atoms with E-state index in [0.29, 0.717) is 6.61 Å². The summed E-state index contributed by atoms with van der Waals surface area (Å²) in [4.78, 5) is 62.9. The Morgan fingerprint density at radius 3 is 1.76 bits per heavy atom. The number of ether oxygens (including phenoxy) is 7. The van der Waals surface area contributed by atoms with Crippen molar-refractivity contribution in [3.05, 3.63) is 10.4 Å². The molecule has 16 atom stereocenters. The lowest BCUT2D eigenvalue weighted by molar-refractivity contribution is -0.357. The quantitative estimate of drug-likeness (QED) is 0.0126. The molecule has 3 saturated heterocycles. The fourth-order valence-electron chi connectivity index (χ4n) is 8.16. The number of phosphoric ester groups is 1. The Bertz CT molecular complexity index is 1690. The predicted molar refractivity (Wildman–Crippen MR) is 239 cm³/mol. The van der Waals surface area contributed by atoms with Crippen LogP contribution in [0.5, 0.6) is 0 Å². The summed E-state index contributed by atoms with van der Waals surface area (Å²) in [6, 6.07) is -3.51.